The van der Waals surface area contributed by atoms with E-state index in [1.807, 2.05) is 77.1 Å². The number of rotatable bonds is 14. The van der Waals surface area contributed by atoms with E-state index in [4.69, 9.17) is 4.74 Å². The van der Waals surface area contributed by atoms with E-state index in [1.54, 1.807) is 12.0 Å². The van der Waals surface area contributed by atoms with E-state index in [1.165, 1.54) is 10.6 Å². The number of amides is 2. The summed E-state index contributed by atoms with van der Waals surface area (Å²) in [4.78, 5) is 28.4. The summed E-state index contributed by atoms with van der Waals surface area (Å²) >= 11 is 0. The SMILES string of the molecule is CC[C@@H](C)NC(=O)[C@H](CC)N(Cc1cccc(OC)c1)C(=O)CCCN(c1cc(C)ccc1C)S(C)(=O)=O. The van der Waals surface area contributed by atoms with Gasteiger partial charge in [0.25, 0.3) is 0 Å². The zero-order chi connectivity index (χ0) is 28.5. The van der Waals surface area contributed by atoms with Crippen LogP contribution in [0, 0.1) is 13.8 Å². The Hall–Kier alpha value is -3.07. The van der Waals surface area contributed by atoms with Crippen molar-refractivity contribution in [2.24, 2.45) is 0 Å². The van der Waals surface area contributed by atoms with Crippen LogP contribution < -0.4 is 14.4 Å². The number of anilines is 1. The van der Waals surface area contributed by atoms with Crippen LogP contribution in [-0.4, -0.2) is 57.1 Å². The van der Waals surface area contributed by atoms with Crippen molar-refractivity contribution >= 4 is 27.5 Å². The molecule has 0 fully saturated rings. The van der Waals surface area contributed by atoms with Gasteiger partial charge < -0.3 is 15.0 Å². The second kappa shape index (κ2) is 14.2. The van der Waals surface area contributed by atoms with Crippen molar-refractivity contribution < 1.29 is 22.7 Å². The highest BCUT2D eigenvalue weighted by Crippen LogP contribution is 2.25. The highest BCUT2D eigenvalue weighted by atomic mass is 32.2. The quantitative estimate of drug-likeness (QED) is 0.375. The molecular formula is C29H43N3O5S. The molecule has 2 atom stereocenters. The predicted octanol–water partition coefficient (Wildman–Crippen LogP) is 4.58. The lowest BCUT2D eigenvalue weighted by molar-refractivity contribution is -0.141. The van der Waals surface area contributed by atoms with Crippen molar-refractivity contribution in [3.8, 4) is 5.75 Å². The summed E-state index contributed by atoms with van der Waals surface area (Å²) in [6.45, 7) is 10.0. The second-order valence-electron chi connectivity index (χ2n) is 9.84. The third-order valence-corrected chi connectivity index (χ3v) is 7.84. The Morgan fingerprint density at radius 3 is 2.37 bits per heavy atom. The lowest BCUT2D eigenvalue weighted by Crippen LogP contribution is -2.50. The zero-order valence-corrected chi connectivity index (χ0v) is 24.6. The number of nitrogens with zero attached hydrogens (tertiary/aromatic N) is 2. The van der Waals surface area contributed by atoms with Gasteiger partial charge in [0.05, 0.1) is 19.1 Å². The molecule has 0 saturated carbocycles. The van der Waals surface area contributed by atoms with Gasteiger partial charge >= 0.3 is 0 Å². The van der Waals surface area contributed by atoms with Gasteiger partial charge in [-0.3, -0.25) is 13.9 Å². The van der Waals surface area contributed by atoms with E-state index in [0.717, 1.165) is 23.1 Å². The highest BCUT2D eigenvalue weighted by Gasteiger charge is 2.29. The minimum atomic E-state index is -3.55. The van der Waals surface area contributed by atoms with Crippen molar-refractivity contribution in [3.05, 3.63) is 59.2 Å². The van der Waals surface area contributed by atoms with Gasteiger partial charge in [-0.1, -0.05) is 38.1 Å². The summed E-state index contributed by atoms with van der Waals surface area (Å²) < 4.78 is 32.0. The van der Waals surface area contributed by atoms with Crippen LogP contribution in [0.1, 0.15) is 63.1 Å². The van der Waals surface area contributed by atoms with Gasteiger partial charge in [-0.15, -0.1) is 0 Å². The zero-order valence-electron chi connectivity index (χ0n) is 23.8. The number of sulfonamides is 1. The third kappa shape index (κ3) is 8.75. The average molecular weight is 546 g/mol. The molecule has 0 bridgehead atoms. The lowest BCUT2D eigenvalue weighted by Gasteiger charge is -2.32. The summed E-state index contributed by atoms with van der Waals surface area (Å²) in [6, 6.07) is 12.5. The monoisotopic (exact) mass is 545 g/mol. The standard InChI is InChI=1S/C29H43N3O5S/c1-8-23(5)30-29(34)26(9-2)31(20-24-12-10-13-25(19-24)37-6)28(33)14-11-17-32(38(7,35)36)27-18-21(3)15-16-22(27)4/h10,12-13,15-16,18-19,23,26H,8-9,11,14,17,20H2,1-7H3,(H,30,34)/t23-,26+/m1/s1. The molecule has 2 rings (SSSR count). The Bertz CT molecular complexity index is 1200. The fourth-order valence-corrected chi connectivity index (χ4v) is 5.31. The Balaban J connectivity index is 2.28. The van der Waals surface area contributed by atoms with Crippen molar-refractivity contribution in [3.63, 3.8) is 0 Å². The van der Waals surface area contributed by atoms with Crippen molar-refractivity contribution in [1.82, 2.24) is 10.2 Å². The molecular weight excluding hydrogens is 502 g/mol. The van der Waals surface area contributed by atoms with Crippen LogP contribution in [-0.2, 0) is 26.2 Å². The van der Waals surface area contributed by atoms with Crippen LogP contribution in [0.25, 0.3) is 0 Å². The summed E-state index contributed by atoms with van der Waals surface area (Å²) in [5.41, 5.74) is 3.27. The molecule has 2 amide bonds. The fourth-order valence-electron chi connectivity index (χ4n) is 4.30. The van der Waals surface area contributed by atoms with Crippen molar-refractivity contribution in [1.29, 1.82) is 0 Å². The minimum absolute atomic E-state index is 0.00814. The van der Waals surface area contributed by atoms with E-state index >= 15 is 0 Å². The lowest BCUT2D eigenvalue weighted by atomic mass is 10.1. The van der Waals surface area contributed by atoms with Gasteiger partial charge in [-0.25, -0.2) is 8.42 Å². The first kappa shape index (κ1) is 31.1. The summed E-state index contributed by atoms with van der Waals surface area (Å²) in [5, 5.41) is 3.01. The molecule has 0 heterocycles. The fraction of sp³-hybridized carbons (Fsp3) is 0.517. The topological polar surface area (TPSA) is 96.0 Å². The van der Waals surface area contributed by atoms with Crippen LogP contribution in [0.3, 0.4) is 0 Å². The number of aryl methyl sites for hydroxylation is 2. The van der Waals surface area contributed by atoms with Crippen molar-refractivity contribution in [2.75, 3.05) is 24.2 Å². The van der Waals surface area contributed by atoms with Gasteiger partial charge in [-0.05, 0) is 74.9 Å². The number of hydrogen-bond acceptors (Lipinski definition) is 5. The number of carbonyl (C=O) groups is 2. The summed E-state index contributed by atoms with van der Waals surface area (Å²) in [5.74, 6) is 0.281. The Morgan fingerprint density at radius 2 is 1.76 bits per heavy atom. The van der Waals surface area contributed by atoms with E-state index in [-0.39, 0.29) is 37.4 Å². The molecule has 0 aromatic heterocycles. The van der Waals surface area contributed by atoms with Crippen molar-refractivity contribution in [2.45, 2.75) is 78.9 Å². The van der Waals surface area contributed by atoms with E-state index in [9.17, 15) is 18.0 Å². The van der Waals surface area contributed by atoms with Crippen LogP contribution in [0.5, 0.6) is 5.75 Å². The molecule has 2 aromatic carbocycles. The molecule has 0 aliphatic heterocycles. The Kier molecular flexibility index (Phi) is 11.6. The van der Waals surface area contributed by atoms with Gasteiger partial charge in [0.2, 0.25) is 21.8 Å². The number of nitrogens with one attached hydrogen (secondary N) is 1. The molecule has 0 spiro atoms. The summed E-state index contributed by atoms with van der Waals surface area (Å²) in [6.07, 6.45) is 2.84. The van der Waals surface area contributed by atoms with Gasteiger partial charge in [0.1, 0.15) is 11.8 Å². The maximum Gasteiger partial charge on any atom is 0.243 e. The maximum atomic E-state index is 13.6. The van der Waals surface area contributed by atoms with Gasteiger partial charge in [-0.2, -0.15) is 0 Å². The van der Waals surface area contributed by atoms with Crippen LogP contribution in [0.4, 0.5) is 5.69 Å². The molecule has 9 heteroatoms. The largest absolute Gasteiger partial charge is 0.497 e. The molecule has 8 nitrogen and oxygen atoms in total. The van der Waals surface area contributed by atoms with Gasteiger partial charge in [0.15, 0.2) is 0 Å². The molecule has 38 heavy (non-hydrogen) atoms. The molecule has 1 N–H and O–H groups in total. The summed E-state index contributed by atoms with van der Waals surface area (Å²) in [7, 11) is -1.97. The molecule has 0 aliphatic rings. The third-order valence-electron chi connectivity index (χ3n) is 6.66. The van der Waals surface area contributed by atoms with Crippen LogP contribution in [0.15, 0.2) is 42.5 Å². The maximum absolute atomic E-state index is 13.6. The number of ether oxygens (including phenoxy) is 1. The highest BCUT2D eigenvalue weighted by molar-refractivity contribution is 7.92. The molecule has 0 radical (unpaired) electrons. The molecule has 210 valence electrons. The minimum Gasteiger partial charge on any atom is -0.497 e. The van der Waals surface area contributed by atoms with Crippen LogP contribution in [0.2, 0.25) is 0 Å². The Labute approximate surface area is 228 Å². The van der Waals surface area contributed by atoms with E-state index in [2.05, 4.69) is 5.32 Å². The molecule has 0 saturated heterocycles. The van der Waals surface area contributed by atoms with Crippen LogP contribution >= 0.6 is 0 Å². The Morgan fingerprint density at radius 1 is 1.05 bits per heavy atom. The van der Waals surface area contributed by atoms with E-state index < -0.39 is 16.1 Å². The predicted molar refractivity (Wildman–Crippen MR) is 153 cm³/mol. The van der Waals surface area contributed by atoms with E-state index in [0.29, 0.717) is 24.3 Å². The number of hydrogen-bond donors (Lipinski definition) is 1. The first-order valence-corrected chi connectivity index (χ1v) is 15.0. The first-order valence-electron chi connectivity index (χ1n) is 13.2. The first-order chi connectivity index (χ1) is 17.9. The second-order valence-corrected chi connectivity index (χ2v) is 11.8. The molecule has 0 aliphatic carbocycles. The molecule has 0 unspecified atom stereocenters. The number of benzene rings is 2. The smallest absolute Gasteiger partial charge is 0.243 e. The average Bonchev–Trinajstić information content (AvgIpc) is 2.87. The number of methoxy groups -OCH3 is 1. The van der Waals surface area contributed by atoms with Gasteiger partial charge in [0, 0.05) is 25.6 Å². The number of carbonyl (C=O) groups excluding carboxylic acids is 2. The molecule has 2 aromatic rings. The normalized spacial score (nSPS) is 12.9.